The normalized spacial score (nSPS) is 15.1. The number of nitrogens with zero attached hydrogens (tertiary/aromatic N) is 1. The highest BCUT2D eigenvalue weighted by Gasteiger charge is 2.46. The predicted molar refractivity (Wildman–Crippen MR) is 289 cm³/mol. The topological polar surface area (TPSA) is 3.24 Å². The fraction of sp³-hybridized carbons (Fsp3) is 0.164. The van der Waals surface area contributed by atoms with Crippen LogP contribution in [0.4, 0.5) is 11.4 Å². The van der Waals surface area contributed by atoms with Crippen molar-refractivity contribution in [2.75, 3.05) is 4.90 Å². The number of para-hydroxylation sites is 1. The number of hydrogen-bond donors (Lipinski definition) is 0. The summed E-state index contributed by atoms with van der Waals surface area (Å²) in [5, 5.41) is 2.58. The quantitative estimate of drug-likeness (QED) is 0.147. The van der Waals surface area contributed by atoms with Crippen LogP contribution < -0.4 is 4.90 Å². The molecule has 1 unspecified atom stereocenters. The zero-order chi connectivity index (χ0) is 46.6. The first-order valence-corrected chi connectivity index (χ1v) is 24.4. The molecule has 0 aliphatic heterocycles. The summed E-state index contributed by atoms with van der Waals surface area (Å²) < 4.78 is 0. The third-order valence-electron chi connectivity index (χ3n) is 14.6. The van der Waals surface area contributed by atoms with Crippen molar-refractivity contribution in [1.82, 2.24) is 0 Å². The van der Waals surface area contributed by atoms with Crippen molar-refractivity contribution < 1.29 is 0 Å². The number of allylic oxidation sites excluding steroid dienone is 4. The minimum atomic E-state index is -0.534. The molecular formula is C67H59N. The van der Waals surface area contributed by atoms with E-state index < -0.39 is 5.41 Å². The summed E-state index contributed by atoms with van der Waals surface area (Å²) in [6.45, 7) is 14.0. The van der Waals surface area contributed by atoms with Gasteiger partial charge in [-0.1, -0.05) is 248 Å². The third-order valence-corrected chi connectivity index (χ3v) is 14.6. The van der Waals surface area contributed by atoms with Crippen LogP contribution in [0.25, 0.3) is 44.2 Å². The van der Waals surface area contributed by atoms with Gasteiger partial charge in [-0.3, -0.25) is 0 Å². The Kier molecular flexibility index (Phi) is 10.8. The maximum absolute atomic E-state index is 2.60. The van der Waals surface area contributed by atoms with Crippen LogP contribution in [0.2, 0.25) is 0 Å². The predicted octanol–water partition coefficient (Wildman–Crippen LogP) is 17.9. The van der Waals surface area contributed by atoms with Crippen LogP contribution in [0, 0.1) is 0 Å². The molecule has 332 valence electrons. The summed E-state index contributed by atoms with van der Waals surface area (Å²) in [7, 11) is 0. The van der Waals surface area contributed by atoms with Crippen molar-refractivity contribution in [2.24, 2.45) is 0 Å². The fourth-order valence-corrected chi connectivity index (χ4v) is 11.2. The molecule has 0 spiro atoms. The second-order valence-corrected chi connectivity index (χ2v) is 20.8. The maximum Gasteiger partial charge on any atom is 0.0714 e. The van der Waals surface area contributed by atoms with Crippen LogP contribution in [0.5, 0.6) is 0 Å². The van der Waals surface area contributed by atoms with Gasteiger partial charge in [-0.05, 0) is 119 Å². The summed E-state index contributed by atoms with van der Waals surface area (Å²) in [6.07, 6.45) is 7.90. The molecule has 0 radical (unpaired) electrons. The molecule has 9 aromatic rings. The van der Waals surface area contributed by atoms with E-state index in [1.54, 1.807) is 0 Å². The average Bonchev–Trinajstić information content (AvgIpc) is 3.67. The molecule has 1 atom stereocenters. The fourth-order valence-electron chi connectivity index (χ4n) is 11.2. The second-order valence-electron chi connectivity index (χ2n) is 20.8. The summed E-state index contributed by atoms with van der Waals surface area (Å²) in [6, 6.07) is 79.8. The molecule has 1 nitrogen and oxygen atoms in total. The van der Waals surface area contributed by atoms with Crippen molar-refractivity contribution in [3.05, 3.63) is 275 Å². The van der Waals surface area contributed by atoms with Gasteiger partial charge >= 0.3 is 0 Å². The van der Waals surface area contributed by atoms with E-state index in [1.807, 2.05) is 0 Å². The monoisotopic (exact) mass is 877 g/mol. The minimum absolute atomic E-state index is 0.00399. The largest absolute Gasteiger partial charge is 0.313 e. The lowest BCUT2D eigenvalue weighted by atomic mass is 9.67. The molecule has 68 heavy (non-hydrogen) atoms. The molecule has 0 N–H and O–H groups in total. The molecule has 0 fully saturated rings. The third kappa shape index (κ3) is 7.33. The van der Waals surface area contributed by atoms with Gasteiger partial charge in [0.1, 0.15) is 0 Å². The Morgan fingerprint density at radius 1 is 0.456 bits per heavy atom. The van der Waals surface area contributed by atoms with E-state index in [2.05, 4.69) is 277 Å². The van der Waals surface area contributed by atoms with E-state index in [9.17, 15) is 0 Å². The lowest BCUT2D eigenvalue weighted by Gasteiger charge is -2.37. The second kappa shape index (κ2) is 17.0. The molecule has 0 heterocycles. The minimum Gasteiger partial charge on any atom is -0.313 e. The standard InChI is InChI=1S/C67H59N/c1-65(2,3)51-42-48(43-52(44-51)66(4,5)6)55-35-22-26-47-27-23-36-59(64(47)55)58-34-18-21-39-63(58)68(62-38-20-17-32-54(62)46-24-10-7-11-25-46)53-40-41-57-56-33-16-19-37-60(56)67(61(57)45-53,49-28-12-8-13-29-49)50-30-14-9-15-31-50/h7-33,35-45,58H,34H2,1-6H3. The smallest absolute Gasteiger partial charge is 0.0714 e. The van der Waals surface area contributed by atoms with E-state index in [4.69, 9.17) is 0 Å². The van der Waals surface area contributed by atoms with Crippen molar-refractivity contribution in [3.8, 4) is 33.4 Å². The number of benzene rings is 9. The van der Waals surface area contributed by atoms with Gasteiger partial charge in [0, 0.05) is 22.9 Å². The van der Waals surface area contributed by atoms with Crippen LogP contribution in [-0.2, 0) is 16.2 Å². The van der Waals surface area contributed by atoms with Crippen molar-refractivity contribution in [1.29, 1.82) is 0 Å². The lowest BCUT2D eigenvalue weighted by molar-refractivity contribution is 0.569. The first-order valence-electron chi connectivity index (χ1n) is 24.4. The van der Waals surface area contributed by atoms with Crippen LogP contribution >= 0.6 is 0 Å². The highest BCUT2D eigenvalue weighted by atomic mass is 15.2. The lowest BCUT2D eigenvalue weighted by Crippen LogP contribution is -2.29. The van der Waals surface area contributed by atoms with Gasteiger partial charge in [0.2, 0.25) is 0 Å². The van der Waals surface area contributed by atoms with Gasteiger partial charge in [0.25, 0.3) is 0 Å². The summed E-state index contributed by atoms with van der Waals surface area (Å²) in [5.74, 6) is 0.0417. The van der Waals surface area contributed by atoms with Gasteiger partial charge in [-0.25, -0.2) is 0 Å². The molecule has 0 amide bonds. The highest BCUT2D eigenvalue weighted by Crippen LogP contribution is 2.58. The van der Waals surface area contributed by atoms with Crippen molar-refractivity contribution >= 4 is 22.1 Å². The van der Waals surface area contributed by atoms with Gasteiger partial charge in [0.15, 0.2) is 0 Å². The van der Waals surface area contributed by atoms with Crippen molar-refractivity contribution in [2.45, 2.75) is 70.1 Å². The Labute approximate surface area is 403 Å². The van der Waals surface area contributed by atoms with Gasteiger partial charge in [0.05, 0.1) is 11.1 Å². The number of hydrogen-bond acceptors (Lipinski definition) is 1. The molecule has 2 aliphatic carbocycles. The van der Waals surface area contributed by atoms with E-state index in [0.717, 1.165) is 17.8 Å². The summed E-state index contributed by atoms with van der Waals surface area (Å²) in [5.41, 5.74) is 19.7. The van der Waals surface area contributed by atoms with Gasteiger partial charge < -0.3 is 4.90 Å². The first-order chi connectivity index (χ1) is 33.0. The zero-order valence-corrected chi connectivity index (χ0v) is 40.2. The van der Waals surface area contributed by atoms with Crippen LogP contribution in [0.1, 0.15) is 92.8 Å². The number of anilines is 2. The van der Waals surface area contributed by atoms with E-state index in [-0.39, 0.29) is 16.7 Å². The Bertz CT molecular complexity index is 3300. The molecule has 0 saturated heterocycles. The van der Waals surface area contributed by atoms with Crippen LogP contribution in [0.15, 0.2) is 236 Å². The average molecular weight is 878 g/mol. The summed E-state index contributed by atoms with van der Waals surface area (Å²) in [4.78, 5) is 2.60. The molecule has 0 aromatic heterocycles. The zero-order valence-electron chi connectivity index (χ0n) is 40.2. The SMILES string of the molecule is CC(C)(C)c1cc(-c2cccc3cccc(C4CC=CC=C4N(c4ccc5c(c4)C(c4ccccc4)(c4ccccc4)c4ccccc4-5)c4ccccc4-c4ccccc4)c23)cc(C(C)(C)C)c1. The van der Waals surface area contributed by atoms with Crippen molar-refractivity contribution in [3.63, 3.8) is 0 Å². The van der Waals surface area contributed by atoms with E-state index in [0.29, 0.717) is 0 Å². The number of rotatable bonds is 8. The Balaban J connectivity index is 1.17. The molecule has 11 rings (SSSR count). The Morgan fingerprint density at radius 2 is 1.01 bits per heavy atom. The van der Waals surface area contributed by atoms with Gasteiger partial charge in [-0.15, -0.1) is 0 Å². The van der Waals surface area contributed by atoms with E-state index >= 15 is 0 Å². The molecule has 0 bridgehead atoms. The Morgan fingerprint density at radius 3 is 1.68 bits per heavy atom. The number of fused-ring (bicyclic) bond motifs is 4. The molecule has 0 saturated carbocycles. The highest BCUT2D eigenvalue weighted by molar-refractivity contribution is 6.00. The molecular weight excluding hydrogens is 819 g/mol. The molecule has 2 aliphatic rings. The van der Waals surface area contributed by atoms with Crippen LogP contribution in [-0.4, -0.2) is 0 Å². The molecule has 1 heteroatoms. The first kappa shape index (κ1) is 43.1. The molecule has 9 aromatic carbocycles. The van der Waals surface area contributed by atoms with E-state index in [1.165, 1.54) is 88.8 Å². The van der Waals surface area contributed by atoms with Crippen LogP contribution in [0.3, 0.4) is 0 Å². The summed E-state index contributed by atoms with van der Waals surface area (Å²) >= 11 is 0. The van der Waals surface area contributed by atoms with Gasteiger partial charge in [-0.2, -0.15) is 0 Å². The Hall–Kier alpha value is -7.48. The maximum atomic E-state index is 2.60.